The van der Waals surface area contributed by atoms with E-state index in [1.165, 1.54) is 0 Å². The standard InChI is InChI=1S/C19H22ClN3O2/c1-18(25)6-7-19(18)8-10-23(11-9-19)17(24)16-12-15(21-22-16)13-4-2-3-5-14(13)20/h2-5,12,25H,6-11H2,1H3,(H,21,22). The largest absolute Gasteiger partial charge is 0.390 e. The molecule has 1 aliphatic heterocycles. The molecule has 2 aliphatic rings. The number of amides is 1. The molecule has 1 aromatic heterocycles. The predicted molar refractivity (Wildman–Crippen MR) is 96.5 cm³/mol. The molecule has 4 rings (SSSR count). The van der Waals surface area contributed by atoms with Crippen molar-refractivity contribution in [3.8, 4) is 11.3 Å². The van der Waals surface area contributed by atoms with Crippen molar-refractivity contribution in [1.82, 2.24) is 15.1 Å². The number of hydrogen-bond donors (Lipinski definition) is 2. The average Bonchev–Trinajstić information content (AvgIpc) is 3.10. The van der Waals surface area contributed by atoms with Crippen LogP contribution in [0.4, 0.5) is 0 Å². The van der Waals surface area contributed by atoms with Crippen molar-refractivity contribution < 1.29 is 9.90 Å². The Kier molecular flexibility index (Phi) is 3.89. The van der Waals surface area contributed by atoms with Crippen LogP contribution in [0.2, 0.25) is 5.02 Å². The zero-order chi connectivity index (χ0) is 17.7. The van der Waals surface area contributed by atoms with Gasteiger partial charge in [0.15, 0.2) is 0 Å². The number of H-pyrrole nitrogens is 1. The van der Waals surface area contributed by atoms with Gasteiger partial charge in [-0.3, -0.25) is 9.89 Å². The molecule has 1 unspecified atom stereocenters. The number of aromatic amines is 1. The molecule has 5 nitrogen and oxygen atoms in total. The number of piperidine rings is 1. The molecule has 2 aromatic rings. The molecule has 132 valence electrons. The molecular weight excluding hydrogens is 338 g/mol. The van der Waals surface area contributed by atoms with Crippen molar-refractivity contribution >= 4 is 17.5 Å². The maximum absolute atomic E-state index is 12.8. The summed E-state index contributed by atoms with van der Waals surface area (Å²) in [7, 11) is 0. The molecule has 1 saturated carbocycles. The molecule has 25 heavy (non-hydrogen) atoms. The molecule has 6 heteroatoms. The number of benzene rings is 1. The van der Waals surface area contributed by atoms with Crippen molar-refractivity contribution in [2.75, 3.05) is 13.1 Å². The average molecular weight is 360 g/mol. The fraction of sp³-hybridized carbons (Fsp3) is 0.474. The monoisotopic (exact) mass is 359 g/mol. The van der Waals surface area contributed by atoms with Gasteiger partial charge in [0, 0.05) is 24.1 Å². The lowest BCUT2D eigenvalue weighted by Crippen LogP contribution is -2.60. The highest BCUT2D eigenvalue weighted by Crippen LogP contribution is 2.56. The second kappa shape index (κ2) is 5.85. The predicted octanol–water partition coefficient (Wildman–Crippen LogP) is 3.50. The van der Waals surface area contributed by atoms with Gasteiger partial charge >= 0.3 is 0 Å². The maximum Gasteiger partial charge on any atom is 0.271 e. The van der Waals surface area contributed by atoms with Gasteiger partial charge < -0.3 is 10.0 Å². The van der Waals surface area contributed by atoms with Crippen LogP contribution in [0, 0.1) is 5.41 Å². The third-order valence-corrected chi connectivity index (χ3v) is 6.53. The van der Waals surface area contributed by atoms with Crippen LogP contribution in [0.25, 0.3) is 11.3 Å². The Bertz CT molecular complexity index is 807. The summed E-state index contributed by atoms with van der Waals surface area (Å²) in [5.74, 6) is -0.0420. The van der Waals surface area contributed by atoms with E-state index in [4.69, 9.17) is 11.6 Å². The number of nitrogens with one attached hydrogen (secondary N) is 1. The minimum atomic E-state index is -0.576. The Morgan fingerprint density at radius 2 is 1.96 bits per heavy atom. The maximum atomic E-state index is 12.8. The number of nitrogens with zero attached hydrogens (tertiary/aromatic N) is 2. The van der Waals surface area contributed by atoms with Gasteiger partial charge in [-0.25, -0.2) is 0 Å². The number of carbonyl (C=O) groups excluding carboxylic acids is 1. The Balaban J connectivity index is 1.47. The van der Waals surface area contributed by atoms with Crippen molar-refractivity contribution in [3.05, 3.63) is 41.0 Å². The molecule has 1 atom stereocenters. The van der Waals surface area contributed by atoms with E-state index in [9.17, 15) is 9.90 Å². The highest BCUT2D eigenvalue weighted by molar-refractivity contribution is 6.33. The number of aliphatic hydroxyl groups is 1. The topological polar surface area (TPSA) is 69.2 Å². The third kappa shape index (κ3) is 2.66. The first-order valence-corrected chi connectivity index (χ1v) is 9.12. The van der Waals surface area contributed by atoms with Gasteiger partial charge in [-0.05, 0) is 44.7 Å². The summed E-state index contributed by atoms with van der Waals surface area (Å²) < 4.78 is 0. The molecule has 1 amide bonds. The number of likely N-dealkylation sites (tertiary alicyclic amines) is 1. The van der Waals surface area contributed by atoms with E-state index in [-0.39, 0.29) is 11.3 Å². The summed E-state index contributed by atoms with van der Waals surface area (Å²) in [5, 5.41) is 18.2. The van der Waals surface area contributed by atoms with Gasteiger partial charge in [0.05, 0.1) is 16.3 Å². The minimum Gasteiger partial charge on any atom is -0.390 e. The van der Waals surface area contributed by atoms with E-state index < -0.39 is 5.60 Å². The number of aromatic nitrogens is 2. The molecule has 1 saturated heterocycles. The lowest BCUT2D eigenvalue weighted by molar-refractivity contribution is -0.174. The summed E-state index contributed by atoms with van der Waals surface area (Å²) in [5.41, 5.74) is 1.38. The van der Waals surface area contributed by atoms with E-state index in [0.29, 0.717) is 29.5 Å². The zero-order valence-corrected chi connectivity index (χ0v) is 15.0. The Morgan fingerprint density at radius 1 is 1.24 bits per heavy atom. The molecular formula is C19H22ClN3O2. The first kappa shape index (κ1) is 16.6. The molecule has 2 fully saturated rings. The van der Waals surface area contributed by atoms with E-state index in [2.05, 4.69) is 10.2 Å². The van der Waals surface area contributed by atoms with Crippen LogP contribution < -0.4 is 0 Å². The van der Waals surface area contributed by atoms with Crippen molar-refractivity contribution in [2.24, 2.45) is 5.41 Å². The van der Waals surface area contributed by atoms with Crippen LogP contribution in [-0.4, -0.2) is 44.8 Å². The van der Waals surface area contributed by atoms with Crippen molar-refractivity contribution in [2.45, 2.75) is 38.2 Å². The molecule has 0 radical (unpaired) electrons. The van der Waals surface area contributed by atoms with Crippen LogP contribution in [-0.2, 0) is 0 Å². The van der Waals surface area contributed by atoms with Crippen LogP contribution >= 0.6 is 11.6 Å². The molecule has 2 heterocycles. The number of halogens is 1. The molecule has 1 spiro atoms. The van der Waals surface area contributed by atoms with Crippen molar-refractivity contribution in [3.63, 3.8) is 0 Å². The second-order valence-corrected chi connectivity index (χ2v) is 7.90. The van der Waals surface area contributed by atoms with Crippen LogP contribution in [0.3, 0.4) is 0 Å². The lowest BCUT2D eigenvalue weighted by atomic mass is 9.53. The van der Waals surface area contributed by atoms with Gasteiger partial charge in [0.25, 0.3) is 5.91 Å². The minimum absolute atomic E-state index is 0.000486. The highest BCUT2D eigenvalue weighted by atomic mass is 35.5. The fourth-order valence-corrected chi connectivity index (χ4v) is 4.41. The quantitative estimate of drug-likeness (QED) is 0.862. The lowest BCUT2D eigenvalue weighted by Gasteiger charge is -2.58. The summed E-state index contributed by atoms with van der Waals surface area (Å²) in [6.45, 7) is 3.28. The van der Waals surface area contributed by atoms with Crippen LogP contribution in [0.15, 0.2) is 30.3 Å². The number of hydrogen-bond acceptors (Lipinski definition) is 3. The normalized spacial score (nSPS) is 25.0. The Hall–Kier alpha value is -1.85. The van der Waals surface area contributed by atoms with Gasteiger partial charge in [0.2, 0.25) is 0 Å². The SMILES string of the molecule is CC1(O)CCC12CCN(C(=O)c1cc(-c3ccccc3Cl)n[nH]1)CC2. The van der Waals surface area contributed by atoms with Gasteiger partial charge in [-0.2, -0.15) is 5.10 Å². The smallest absolute Gasteiger partial charge is 0.271 e. The number of rotatable bonds is 2. The van der Waals surface area contributed by atoms with Gasteiger partial charge in [-0.1, -0.05) is 29.8 Å². The second-order valence-electron chi connectivity index (χ2n) is 7.49. The highest BCUT2D eigenvalue weighted by Gasteiger charge is 2.55. The van der Waals surface area contributed by atoms with Gasteiger partial charge in [0.1, 0.15) is 5.69 Å². The third-order valence-electron chi connectivity index (χ3n) is 6.20. The summed E-state index contributed by atoms with van der Waals surface area (Å²) in [6.07, 6.45) is 3.64. The summed E-state index contributed by atoms with van der Waals surface area (Å²) in [4.78, 5) is 14.6. The van der Waals surface area contributed by atoms with Crippen molar-refractivity contribution in [1.29, 1.82) is 0 Å². The molecule has 2 N–H and O–H groups in total. The fourth-order valence-electron chi connectivity index (χ4n) is 4.18. The summed E-state index contributed by atoms with van der Waals surface area (Å²) in [6, 6.07) is 9.21. The van der Waals surface area contributed by atoms with Crippen LogP contribution in [0.1, 0.15) is 43.1 Å². The zero-order valence-electron chi connectivity index (χ0n) is 14.3. The van der Waals surface area contributed by atoms with Gasteiger partial charge in [-0.15, -0.1) is 0 Å². The van der Waals surface area contributed by atoms with E-state index in [1.54, 1.807) is 6.07 Å². The van der Waals surface area contributed by atoms with E-state index in [0.717, 1.165) is 31.2 Å². The summed E-state index contributed by atoms with van der Waals surface area (Å²) >= 11 is 6.20. The molecule has 0 bridgehead atoms. The van der Waals surface area contributed by atoms with Crippen LogP contribution in [0.5, 0.6) is 0 Å². The first-order chi connectivity index (χ1) is 11.9. The first-order valence-electron chi connectivity index (χ1n) is 8.74. The Morgan fingerprint density at radius 3 is 2.56 bits per heavy atom. The van der Waals surface area contributed by atoms with E-state index >= 15 is 0 Å². The van der Waals surface area contributed by atoms with E-state index in [1.807, 2.05) is 36.1 Å². The molecule has 1 aliphatic carbocycles. The number of carbonyl (C=O) groups is 1. The Labute approximate surface area is 152 Å². The molecule has 1 aromatic carbocycles.